The summed E-state index contributed by atoms with van der Waals surface area (Å²) < 4.78 is 0. The van der Waals surface area contributed by atoms with E-state index in [4.69, 9.17) is 0 Å². The van der Waals surface area contributed by atoms with Gasteiger partial charge in [0.1, 0.15) is 0 Å². The Hall–Kier alpha value is -2.24. The number of carbonyl (C=O) groups is 4. The second-order valence-corrected chi connectivity index (χ2v) is 14.1. The molecule has 272 valence electrons. The Morgan fingerprint density at radius 2 is 1.11 bits per heavy atom. The van der Waals surface area contributed by atoms with Gasteiger partial charge in [-0.2, -0.15) is 0 Å². The van der Waals surface area contributed by atoms with E-state index in [1.807, 2.05) is 11.8 Å². The van der Waals surface area contributed by atoms with Crippen LogP contribution in [-0.2, 0) is 19.2 Å². The SMILES string of the molecule is CCCCCCCCN(CCCCCCCC)C(=O)C1CCC(C2(N(CC(=O)O)CC(=O)O)CN(CC)CCN(CC(=O)O)C2)CC1. The Morgan fingerprint density at radius 1 is 0.638 bits per heavy atom. The molecule has 0 aromatic carbocycles. The number of unbranched alkanes of at least 4 members (excludes halogenated alkanes) is 10. The van der Waals surface area contributed by atoms with Gasteiger partial charge in [0, 0.05) is 45.2 Å². The van der Waals surface area contributed by atoms with Crippen LogP contribution in [0.2, 0.25) is 0 Å². The zero-order valence-electron chi connectivity index (χ0n) is 29.8. The molecule has 2 fully saturated rings. The quantitative estimate of drug-likeness (QED) is 0.117. The monoisotopic (exact) mass is 666 g/mol. The highest BCUT2D eigenvalue weighted by atomic mass is 16.4. The lowest BCUT2D eigenvalue weighted by Gasteiger charge is -2.52. The van der Waals surface area contributed by atoms with E-state index in [9.17, 15) is 34.5 Å². The lowest BCUT2D eigenvalue weighted by molar-refractivity contribution is -0.149. The minimum absolute atomic E-state index is 0.0701. The van der Waals surface area contributed by atoms with Crippen LogP contribution in [0.25, 0.3) is 0 Å². The molecule has 0 aromatic rings. The van der Waals surface area contributed by atoms with Crippen LogP contribution in [0.5, 0.6) is 0 Å². The first-order valence-electron chi connectivity index (χ1n) is 18.7. The molecule has 2 rings (SSSR count). The number of aliphatic carboxylic acids is 3. The van der Waals surface area contributed by atoms with Crippen molar-refractivity contribution in [2.45, 2.75) is 129 Å². The largest absolute Gasteiger partial charge is 0.480 e. The molecule has 3 N–H and O–H groups in total. The van der Waals surface area contributed by atoms with E-state index < -0.39 is 36.5 Å². The first kappa shape index (κ1) is 40.9. The van der Waals surface area contributed by atoms with Gasteiger partial charge in [0.15, 0.2) is 0 Å². The summed E-state index contributed by atoms with van der Waals surface area (Å²) in [5.41, 5.74) is -0.872. The van der Waals surface area contributed by atoms with Crippen molar-refractivity contribution in [1.29, 1.82) is 0 Å². The van der Waals surface area contributed by atoms with Crippen molar-refractivity contribution in [3.8, 4) is 0 Å². The van der Waals surface area contributed by atoms with Gasteiger partial charge in [-0.25, -0.2) is 0 Å². The summed E-state index contributed by atoms with van der Waals surface area (Å²) in [5.74, 6) is -3.11. The van der Waals surface area contributed by atoms with Crippen molar-refractivity contribution >= 4 is 23.8 Å². The molecular formula is C36H66N4O7. The van der Waals surface area contributed by atoms with E-state index in [0.29, 0.717) is 51.9 Å². The molecule has 0 radical (unpaired) electrons. The number of carboxylic acid groups (broad SMARTS) is 3. The van der Waals surface area contributed by atoms with Crippen LogP contribution >= 0.6 is 0 Å². The second kappa shape index (κ2) is 22.4. The third-order valence-corrected chi connectivity index (χ3v) is 10.5. The van der Waals surface area contributed by atoms with Gasteiger partial charge in [-0.15, -0.1) is 0 Å². The van der Waals surface area contributed by atoms with Gasteiger partial charge in [-0.05, 0) is 51.0 Å². The van der Waals surface area contributed by atoms with Crippen LogP contribution in [-0.4, -0.2) is 130 Å². The van der Waals surface area contributed by atoms with Gasteiger partial charge >= 0.3 is 17.9 Å². The maximum atomic E-state index is 14.0. The zero-order chi connectivity index (χ0) is 34.7. The fourth-order valence-corrected chi connectivity index (χ4v) is 7.91. The number of rotatable bonds is 24. The van der Waals surface area contributed by atoms with Crippen LogP contribution in [0.3, 0.4) is 0 Å². The van der Waals surface area contributed by atoms with Crippen LogP contribution in [0.15, 0.2) is 0 Å². The number of likely N-dealkylation sites (N-methyl/N-ethyl adjacent to an activating group) is 1. The topological polar surface area (TPSA) is 142 Å². The molecule has 0 spiro atoms. The Balaban J connectivity index is 2.25. The molecule has 1 unspecified atom stereocenters. The van der Waals surface area contributed by atoms with Crippen LogP contribution < -0.4 is 0 Å². The maximum Gasteiger partial charge on any atom is 0.317 e. The molecule has 1 aliphatic heterocycles. The summed E-state index contributed by atoms with van der Waals surface area (Å²) in [6.07, 6.45) is 16.9. The molecule has 0 aromatic heterocycles. The molecule has 2 aliphatic rings. The third-order valence-electron chi connectivity index (χ3n) is 10.5. The fraction of sp³-hybridized carbons (Fsp3) is 0.889. The number of hydrogen-bond acceptors (Lipinski definition) is 7. The average Bonchev–Trinajstić information content (AvgIpc) is 3.22. The number of carbonyl (C=O) groups excluding carboxylic acids is 1. The predicted octanol–water partition coefficient (Wildman–Crippen LogP) is 5.27. The number of nitrogens with zero attached hydrogens (tertiary/aromatic N) is 4. The number of carboxylic acids is 3. The van der Waals surface area contributed by atoms with Crippen LogP contribution in [0, 0.1) is 11.8 Å². The molecule has 0 bridgehead atoms. The molecule has 1 atom stereocenters. The molecule has 1 saturated carbocycles. The molecule has 11 nitrogen and oxygen atoms in total. The highest BCUT2D eigenvalue weighted by Gasteiger charge is 2.50. The lowest BCUT2D eigenvalue weighted by atomic mass is 9.69. The first-order chi connectivity index (χ1) is 22.6. The van der Waals surface area contributed by atoms with Crippen molar-refractivity contribution in [2.75, 3.05) is 65.4 Å². The number of hydrogen-bond donors (Lipinski definition) is 3. The summed E-state index contributed by atoms with van der Waals surface area (Å²) in [6, 6.07) is 0. The van der Waals surface area contributed by atoms with Gasteiger partial charge in [0.05, 0.1) is 25.2 Å². The minimum atomic E-state index is -1.11. The van der Waals surface area contributed by atoms with Crippen molar-refractivity contribution in [3.05, 3.63) is 0 Å². The zero-order valence-corrected chi connectivity index (χ0v) is 29.8. The summed E-state index contributed by atoms with van der Waals surface area (Å²) in [6.45, 7) is 9.56. The van der Waals surface area contributed by atoms with E-state index in [0.717, 1.165) is 38.8 Å². The summed E-state index contributed by atoms with van der Waals surface area (Å²) in [5, 5.41) is 29.4. The van der Waals surface area contributed by atoms with Crippen LogP contribution in [0.4, 0.5) is 0 Å². The van der Waals surface area contributed by atoms with Gasteiger partial charge in [-0.1, -0.05) is 85.0 Å². The van der Waals surface area contributed by atoms with Gasteiger partial charge < -0.3 is 25.1 Å². The molecule has 1 aliphatic carbocycles. The fourth-order valence-electron chi connectivity index (χ4n) is 7.91. The number of amides is 1. The van der Waals surface area contributed by atoms with E-state index in [-0.39, 0.29) is 30.8 Å². The van der Waals surface area contributed by atoms with E-state index in [2.05, 4.69) is 23.6 Å². The first-order valence-corrected chi connectivity index (χ1v) is 18.7. The lowest BCUT2D eigenvalue weighted by Crippen LogP contribution is -2.66. The standard InChI is InChI=1S/C36H66N4O7/c1-4-7-9-11-13-15-21-39(22-16-14-12-10-8-5-2)35(47)30-17-19-31(20-18-30)36(40(26-33(43)44)27-34(45)46)28-37(6-3)23-24-38(29-36)25-32(41)42/h30-31H,4-29H2,1-3H3,(H,41,42)(H,43,44)(H,45,46). The minimum Gasteiger partial charge on any atom is -0.480 e. The third kappa shape index (κ3) is 14.4. The Morgan fingerprint density at radius 3 is 1.57 bits per heavy atom. The average molecular weight is 667 g/mol. The summed E-state index contributed by atoms with van der Waals surface area (Å²) >= 11 is 0. The molecular weight excluding hydrogens is 600 g/mol. The van der Waals surface area contributed by atoms with Crippen LogP contribution in [0.1, 0.15) is 124 Å². The second-order valence-electron chi connectivity index (χ2n) is 14.1. The van der Waals surface area contributed by atoms with Gasteiger partial charge in [0.25, 0.3) is 0 Å². The summed E-state index contributed by atoms with van der Waals surface area (Å²) in [7, 11) is 0. The van der Waals surface area contributed by atoms with E-state index >= 15 is 0 Å². The molecule has 1 saturated heterocycles. The molecule has 47 heavy (non-hydrogen) atoms. The maximum absolute atomic E-state index is 14.0. The molecule has 1 amide bonds. The highest BCUT2D eigenvalue weighted by molar-refractivity contribution is 5.79. The molecule has 1 heterocycles. The van der Waals surface area contributed by atoms with Crippen molar-refractivity contribution in [2.24, 2.45) is 11.8 Å². The highest BCUT2D eigenvalue weighted by Crippen LogP contribution is 2.41. The van der Waals surface area contributed by atoms with Crippen molar-refractivity contribution in [1.82, 2.24) is 19.6 Å². The van der Waals surface area contributed by atoms with E-state index in [1.54, 1.807) is 4.90 Å². The van der Waals surface area contributed by atoms with Crippen molar-refractivity contribution < 1.29 is 34.5 Å². The molecule has 11 heteroatoms. The Bertz CT molecular complexity index is 910. The predicted molar refractivity (Wildman–Crippen MR) is 185 cm³/mol. The smallest absolute Gasteiger partial charge is 0.317 e. The van der Waals surface area contributed by atoms with Gasteiger partial charge in [0.2, 0.25) is 5.91 Å². The Kier molecular flexibility index (Phi) is 19.5. The van der Waals surface area contributed by atoms with E-state index in [1.165, 1.54) is 51.4 Å². The van der Waals surface area contributed by atoms with Crippen molar-refractivity contribution in [3.63, 3.8) is 0 Å². The normalized spacial score (nSPS) is 22.6. The van der Waals surface area contributed by atoms with Gasteiger partial charge in [-0.3, -0.25) is 29.0 Å². The Labute approximate surface area is 284 Å². The summed E-state index contributed by atoms with van der Waals surface area (Å²) in [4.78, 5) is 57.7.